The molecule has 0 spiro atoms. The lowest BCUT2D eigenvalue weighted by Crippen LogP contribution is -2.42. The Bertz CT molecular complexity index is 833. The van der Waals surface area contributed by atoms with Gasteiger partial charge >= 0.3 is 5.97 Å². The molecule has 2 amide bonds. The van der Waals surface area contributed by atoms with Crippen LogP contribution in [0, 0.1) is 5.41 Å². The molecule has 0 N–H and O–H groups in total. The Balaban J connectivity index is 0. The molecule has 0 atom stereocenters. The summed E-state index contributed by atoms with van der Waals surface area (Å²) in [6.45, 7) is 2.18. The number of hydroxylamine groups is 2. The summed E-state index contributed by atoms with van der Waals surface area (Å²) in [7, 11) is 0. The van der Waals surface area contributed by atoms with E-state index in [4.69, 9.17) is 40.4 Å². The van der Waals surface area contributed by atoms with Gasteiger partial charge in [-0.1, -0.05) is 30.2 Å². The zero-order chi connectivity index (χ0) is 28.6. The molecule has 0 radical (unpaired) electrons. The Hall–Kier alpha value is -3.62. The molecular weight excluding hydrogens is 544 g/mol. The first-order valence-corrected chi connectivity index (χ1v) is 12.4. The molecule has 0 bridgehead atoms. The van der Waals surface area contributed by atoms with Crippen LogP contribution in [0.5, 0.6) is 0 Å². The van der Waals surface area contributed by atoms with Crippen LogP contribution in [0.25, 0.3) is 31.3 Å². The molecule has 232 valence electrons. The third-order valence-corrected chi connectivity index (χ3v) is 5.11. The zero-order valence-corrected chi connectivity index (χ0v) is 21.8. The standard InChI is InChI=1S/C21H34N10O8.2CH4/c22-28-25-7-1-10-35-14-21(15-36-11-2-8-26-29-23,16-37-12-3-9-27-30-24)17-38-13-6-20(34)39-31-18(32)4-5-19(31)33;;/h1-17H2;2*1H4. The average molecular weight is 587 g/mol. The minimum absolute atomic E-state index is 0. The third kappa shape index (κ3) is 18.4. The minimum Gasteiger partial charge on any atom is -0.381 e. The van der Waals surface area contributed by atoms with Crippen molar-refractivity contribution in [2.24, 2.45) is 20.8 Å². The Morgan fingerprint density at radius 3 is 1.44 bits per heavy atom. The number of amides is 2. The summed E-state index contributed by atoms with van der Waals surface area (Å²) in [6, 6.07) is 0. The maximum Gasteiger partial charge on any atom is 0.335 e. The second-order valence-corrected chi connectivity index (χ2v) is 8.43. The fourth-order valence-corrected chi connectivity index (χ4v) is 3.21. The molecule has 0 aliphatic carbocycles. The summed E-state index contributed by atoms with van der Waals surface area (Å²) in [4.78, 5) is 48.3. The average Bonchev–Trinajstić information content (AvgIpc) is 3.24. The van der Waals surface area contributed by atoms with E-state index in [1.165, 1.54) is 0 Å². The normalized spacial score (nSPS) is 13.5. The lowest BCUT2D eigenvalue weighted by atomic mass is 9.92. The van der Waals surface area contributed by atoms with Crippen LogP contribution in [-0.2, 0) is 38.2 Å². The number of carbonyl (C=O) groups is 3. The van der Waals surface area contributed by atoms with Gasteiger partial charge in [-0.05, 0) is 35.9 Å². The molecule has 18 nitrogen and oxygen atoms in total. The molecule has 0 aromatic carbocycles. The summed E-state index contributed by atoms with van der Waals surface area (Å²) < 4.78 is 23.1. The molecule has 18 heteroatoms. The number of nitrogens with zero attached hydrogens (tertiary/aromatic N) is 10. The molecule has 1 rings (SSSR count). The molecule has 1 aliphatic heterocycles. The van der Waals surface area contributed by atoms with E-state index >= 15 is 0 Å². The molecule has 0 aromatic heterocycles. The highest BCUT2D eigenvalue weighted by atomic mass is 16.7. The van der Waals surface area contributed by atoms with Crippen molar-refractivity contribution >= 4 is 17.8 Å². The van der Waals surface area contributed by atoms with E-state index in [0.717, 1.165) is 0 Å². The van der Waals surface area contributed by atoms with Crippen LogP contribution in [0.4, 0.5) is 0 Å². The second kappa shape index (κ2) is 25.4. The van der Waals surface area contributed by atoms with Crippen LogP contribution >= 0.6 is 0 Å². The predicted octanol–water partition coefficient (Wildman–Crippen LogP) is 4.41. The first-order valence-electron chi connectivity index (χ1n) is 12.4. The highest BCUT2D eigenvalue weighted by Crippen LogP contribution is 2.22. The number of azide groups is 3. The van der Waals surface area contributed by atoms with Gasteiger partial charge in [-0.2, -0.15) is 0 Å². The largest absolute Gasteiger partial charge is 0.381 e. The summed E-state index contributed by atoms with van der Waals surface area (Å²) in [6.07, 6.45) is 1.29. The van der Waals surface area contributed by atoms with Gasteiger partial charge in [0.25, 0.3) is 11.8 Å². The summed E-state index contributed by atoms with van der Waals surface area (Å²) in [5.41, 5.74) is 24.4. The zero-order valence-electron chi connectivity index (χ0n) is 21.8. The van der Waals surface area contributed by atoms with Gasteiger partial charge in [0.1, 0.15) is 0 Å². The molecule has 0 unspecified atom stereocenters. The van der Waals surface area contributed by atoms with E-state index in [2.05, 4.69) is 30.1 Å². The maximum atomic E-state index is 12.1. The number of carbonyl (C=O) groups excluding carboxylic acids is 3. The molecule has 1 saturated heterocycles. The van der Waals surface area contributed by atoms with Gasteiger partial charge in [0.05, 0.1) is 44.9 Å². The van der Waals surface area contributed by atoms with Crippen molar-refractivity contribution in [1.82, 2.24) is 5.06 Å². The molecule has 1 aliphatic rings. The second-order valence-electron chi connectivity index (χ2n) is 8.43. The topological polar surface area (TPSA) is 247 Å². The summed E-state index contributed by atoms with van der Waals surface area (Å²) >= 11 is 0. The highest BCUT2D eigenvalue weighted by molar-refractivity contribution is 6.01. The van der Waals surface area contributed by atoms with Crippen LogP contribution in [0.1, 0.15) is 53.4 Å². The van der Waals surface area contributed by atoms with Crippen molar-refractivity contribution in [2.75, 3.05) is 72.5 Å². The van der Waals surface area contributed by atoms with Crippen molar-refractivity contribution in [3.63, 3.8) is 0 Å². The van der Waals surface area contributed by atoms with Crippen molar-refractivity contribution in [3.8, 4) is 0 Å². The Labute approximate surface area is 239 Å². The van der Waals surface area contributed by atoms with E-state index in [1.54, 1.807) is 0 Å². The lowest BCUT2D eigenvalue weighted by Gasteiger charge is -2.33. The van der Waals surface area contributed by atoms with E-state index in [0.29, 0.717) is 44.1 Å². The molecule has 1 heterocycles. The van der Waals surface area contributed by atoms with Crippen LogP contribution in [0.2, 0.25) is 0 Å². The number of ether oxygens (including phenoxy) is 4. The van der Waals surface area contributed by atoms with Crippen molar-refractivity contribution in [2.45, 2.75) is 53.4 Å². The fourth-order valence-electron chi connectivity index (χ4n) is 3.21. The van der Waals surface area contributed by atoms with Gasteiger partial charge in [0.2, 0.25) is 0 Å². The smallest absolute Gasteiger partial charge is 0.335 e. The quantitative estimate of drug-likeness (QED) is 0.0513. The monoisotopic (exact) mass is 586 g/mol. The number of hydrogen-bond donors (Lipinski definition) is 0. The van der Waals surface area contributed by atoms with Crippen LogP contribution in [-0.4, -0.2) is 95.3 Å². The number of hydrogen-bond acceptors (Lipinski definition) is 11. The van der Waals surface area contributed by atoms with Gasteiger partial charge in [-0.15, -0.1) is 5.06 Å². The van der Waals surface area contributed by atoms with Crippen LogP contribution < -0.4 is 0 Å². The van der Waals surface area contributed by atoms with E-state index in [9.17, 15) is 14.4 Å². The van der Waals surface area contributed by atoms with E-state index in [-0.39, 0.29) is 86.8 Å². The van der Waals surface area contributed by atoms with E-state index in [1.807, 2.05) is 0 Å². The Morgan fingerprint density at radius 1 is 0.707 bits per heavy atom. The van der Waals surface area contributed by atoms with Crippen molar-refractivity contribution in [3.05, 3.63) is 31.3 Å². The number of rotatable bonds is 24. The lowest BCUT2D eigenvalue weighted by molar-refractivity contribution is -0.198. The Kier molecular flexibility index (Phi) is 24.4. The molecule has 41 heavy (non-hydrogen) atoms. The van der Waals surface area contributed by atoms with Gasteiger partial charge in [0.15, 0.2) is 0 Å². The van der Waals surface area contributed by atoms with Crippen LogP contribution in [0.3, 0.4) is 0 Å². The first-order chi connectivity index (χ1) is 19.0. The maximum absolute atomic E-state index is 12.1. The fraction of sp³-hybridized carbons (Fsp3) is 0.870. The summed E-state index contributed by atoms with van der Waals surface area (Å²) in [5, 5.41) is 10.9. The van der Waals surface area contributed by atoms with E-state index < -0.39 is 23.2 Å². The van der Waals surface area contributed by atoms with Crippen molar-refractivity contribution in [1.29, 1.82) is 0 Å². The molecular formula is C23H42N10O8. The predicted molar refractivity (Wildman–Crippen MR) is 147 cm³/mol. The van der Waals surface area contributed by atoms with Crippen LogP contribution in [0.15, 0.2) is 15.3 Å². The Morgan fingerprint density at radius 2 is 1.07 bits per heavy atom. The minimum atomic E-state index is -0.805. The van der Waals surface area contributed by atoms with Crippen molar-refractivity contribution < 1.29 is 38.2 Å². The molecule has 1 fully saturated rings. The highest BCUT2D eigenvalue weighted by Gasteiger charge is 2.34. The number of imide groups is 1. The molecule has 0 aromatic rings. The first kappa shape index (κ1) is 39.5. The third-order valence-electron chi connectivity index (χ3n) is 5.11. The van der Waals surface area contributed by atoms with Gasteiger partial charge < -0.3 is 23.8 Å². The SMILES string of the molecule is C.C.[N-]=[N+]=NCCCOCC(COCCCN=[N+]=[N-])(COCCCN=[N+]=[N-])COCCC(=O)ON1C(=O)CCC1=O. The summed E-state index contributed by atoms with van der Waals surface area (Å²) in [5.74, 6) is -1.93. The molecule has 0 saturated carbocycles. The van der Waals surface area contributed by atoms with Gasteiger partial charge in [-0.25, -0.2) is 4.79 Å². The van der Waals surface area contributed by atoms with Gasteiger partial charge in [-0.3, -0.25) is 9.59 Å². The van der Waals surface area contributed by atoms with Gasteiger partial charge in [0, 0.05) is 67.0 Å².